The van der Waals surface area contributed by atoms with Crippen molar-refractivity contribution in [2.24, 2.45) is 0 Å². The van der Waals surface area contributed by atoms with Gasteiger partial charge in [-0.05, 0) is 6.42 Å². The summed E-state index contributed by atoms with van der Waals surface area (Å²) in [7, 11) is 3.13. The molecule has 0 rings (SSSR count). The normalized spacial score (nSPS) is 10.5. The summed E-state index contributed by atoms with van der Waals surface area (Å²) >= 11 is 0. The van der Waals surface area contributed by atoms with Gasteiger partial charge in [0.1, 0.15) is 12.4 Å². The second-order valence-corrected chi connectivity index (χ2v) is 3.72. The van der Waals surface area contributed by atoms with E-state index in [0.717, 1.165) is 0 Å². The topological polar surface area (TPSA) is 61.8 Å². The highest BCUT2D eigenvalue weighted by Gasteiger charge is 2.03. The average Bonchev–Trinajstić information content (AvgIpc) is 2.33. The zero-order valence-electron chi connectivity index (χ0n) is 10.7. The van der Waals surface area contributed by atoms with Crippen LogP contribution >= 0.6 is 0 Å². The van der Waals surface area contributed by atoms with Crippen LogP contribution in [0.25, 0.3) is 0 Å². The van der Waals surface area contributed by atoms with Crippen molar-refractivity contribution >= 4 is 11.6 Å². The Morgan fingerprint density at radius 3 is 2.00 bits per heavy atom. The SMILES string of the molecule is COCCC(=O)CCCOCC(=O)CCOC. The molecule has 0 spiro atoms. The molecule has 0 amide bonds. The third-order valence-electron chi connectivity index (χ3n) is 2.18. The molecule has 0 unspecified atom stereocenters. The lowest BCUT2D eigenvalue weighted by Crippen LogP contribution is -2.12. The van der Waals surface area contributed by atoms with E-state index in [4.69, 9.17) is 14.2 Å². The molecule has 0 saturated heterocycles. The number of rotatable bonds is 12. The number of ketones is 2. The summed E-state index contributed by atoms with van der Waals surface area (Å²) in [5.41, 5.74) is 0. The van der Waals surface area contributed by atoms with Crippen LogP contribution in [0.5, 0.6) is 0 Å². The van der Waals surface area contributed by atoms with E-state index in [1.165, 1.54) is 0 Å². The van der Waals surface area contributed by atoms with E-state index in [1.54, 1.807) is 14.2 Å². The highest BCUT2D eigenvalue weighted by molar-refractivity contribution is 5.79. The van der Waals surface area contributed by atoms with Crippen molar-refractivity contribution < 1.29 is 23.8 Å². The van der Waals surface area contributed by atoms with E-state index in [1.807, 2.05) is 0 Å². The molecule has 0 aromatic rings. The molecule has 100 valence electrons. The molecule has 0 aliphatic carbocycles. The summed E-state index contributed by atoms with van der Waals surface area (Å²) in [6, 6.07) is 0. The van der Waals surface area contributed by atoms with Gasteiger partial charge in [-0.25, -0.2) is 0 Å². The third-order valence-corrected chi connectivity index (χ3v) is 2.18. The van der Waals surface area contributed by atoms with Crippen LogP contribution in [-0.4, -0.2) is 52.2 Å². The van der Waals surface area contributed by atoms with Crippen molar-refractivity contribution in [3.63, 3.8) is 0 Å². The van der Waals surface area contributed by atoms with Crippen LogP contribution in [-0.2, 0) is 23.8 Å². The number of Topliss-reactive ketones (excluding diaryl/α,β-unsaturated/α-hetero) is 2. The number of ether oxygens (including phenoxy) is 3. The lowest BCUT2D eigenvalue weighted by molar-refractivity contribution is -0.124. The van der Waals surface area contributed by atoms with Gasteiger partial charge in [-0.3, -0.25) is 9.59 Å². The molecule has 17 heavy (non-hydrogen) atoms. The lowest BCUT2D eigenvalue weighted by atomic mass is 10.2. The van der Waals surface area contributed by atoms with Gasteiger partial charge < -0.3 is 14.2 Å². The molecule has 5 nitrogen and oxygen atoms in total. The fourth-order valence-corrected chi connectivity index (χ4v) is 1.19. The molecule has 0 saturated carbocycles. The maximum absolute atomic E-state index is 11.2. The Labute approximate surface area is 102 Å². The largest absolute Gasteiger partial charge is 0.384 e. The molecule has 0 aliphatic heterocycles. The Bertz CT molecular complexity index is 193. The van der Waals surface area contributed by atoms with Gasteiger partial charge in [0, 0.05) is 40.1 Å². The highest BCUT2D eigenvalue weighted by Crippen LogP contribution is 1.97. The first kappa shape index (κ1) is 16.2. The van der Waals surface area contributed by atoms with Gasteiger partial charge in [0.25, 0.3) is 0 Å². The Morgan fingerprint density at radius 2 is 1.41 bits per heavy atom. The Balaban J connectivity index is 3.28. The first-order chi connectivity index (χ1) is 8.20. The van der Waals surface area contributed by atoms with Gasteiger partial charge in [0.2, 0.25) is 0 Å². The van der Waals surface area contributed by atoms with Gasteiger partial charge in [0.05, 0.1) is 13.2 Å². The van der Waals surface area contributed by atoms with Gasteiger partial charge in [0.15, 0.2) is 5.78 Å². The molecule has 0 N–H and O–H groups in total. The number of methoxy groups -OCH3 is 2. The van der Waals surface area contributed by atoms with E-state index in [-0.39, 0.29) is 18.2 Å². The van der Waals surface area contributed by atoms with E-state index >= 15 is 0 Å². The second kappa shape index (κ2) is 11.7. The minimum Gasteiger partial charge on any atom is -0.384 e. The molecule has 5 heteroatoms. The summed E-state index contributed by atoms with van der Waals surface area (Å²) in [5.74, 6) is 0.193. The van der Waals surface area contributed by atoms with E-state index < -0.39 is 0 Å². The second-order valence-electron chi connectivity index (χ2n) is 3.72. The van der Waals surface area contributed by atoms with Crippen LogP contribution < -0.4 is 0 Å². The van der Waals surface area contributed by atoms with Crippen molar-refractivity contribution in [2.45, 2.75) is 25.7 Å². The van der Waals surface area contributed by atoms with E-state index in [9.17, 15) is 9.59 Å². The van der Waals surface area contributed by atoms with Crippen molar-refractivity contribution in [1.29, 1.82) is 0 Å². The average molecular weight is 246 g/mol. The maximum Gasteiger partial charge on any atom is 0.160 e. The van der Waals surface area contributed by atoms with Gasteiger partial charge in [-0.1, -0.05) is 0 Å². The van der Waals surface area contributed by atoms with E-state index in [2.05, 4.69) is 0 Å². The first-order valence-corrected chi connectivity index (χ1v) is 5.79. The zero-order valence-corrected chi connectivity index (χ0v) is 10.7. The first-order valence-electron chi connectivity index (χ1n) is 5.79. The maximum atomic E-state index is 11.2. The number of hydrogen-bond donors (Lipinski definition) is 0. The summed E-state index contributed by atoms with van der Waals surface area (Å²) in [5, 5.41) is 0. The molecule has 0 bridgehead atoms. The number of carbonyl (C=O) groups excluding carboxylic acids is 2. The van der Waals surface area contributed by atoms with E-state index in [0.29, 0.717) is 45.5 Å². The molecular weight excluding hydrogens is 224 g/mol. The third kappa shape index (κ3) is 11.5. The standard InChI is InChI=1S/C12H22O5/c1-15-8-5-11(13)4-3-7-17-10-12(14)6-9-16-2/h3-10H2,1-2H3. The molecule has 0 aromatic heterocycles. The Kier molecular flexibility index (Phi) is 11.2. The van der Waals surface area contributed by atoms with Crippen LogP contribution in [0.15, 0.2) is 0 Å². The molecule has 0 atom stereocenters. The van der Waals surface area contributed by atoms with Crippen molar-refractivity contribution in [3.8, 4) is 0 Å². The van der Waals surface area contributed by atoms with Crippen LogP contribution in [0.4, 0.5) is 0 Å². The summed E-state index contributed by atoms with van der Waals surface area (Å²) in [6.07, 6.45) is 1.96. The molecule has 0 fully saturated rings. The predicted molar refractivity (Wildman–Crippen MR) is 63.1 cm³/mol. The minimum atomic E-state index is 0.0255. The lowest BCUT2D eigenvalue weighted by Gasteiger charge is -2.03. The van der Waals surface area contributed by atoms with Crippen LogP contribution in [0.3, 0.4) is 0 Å². The molecule has 0 heterocycles. The number of carbonyl (C=O) groups is 2. The highest BCUT2D eigenvalue weighted by atomic mass is 16.5. The summed E-state index contributed by atoms with van der Waals surface area (Å²) < 4.78 is 14.7. The monoisotopic (exact) mass is 246 g/mol. The smallest absolute Gasteiger partial charge is 0.160 e. The minimum absolute atomic E-state index is 0.0255. The van der Waals surface area contributed by atoms with Crippen LogP contribution in [0.2, 0.25) is 0 Å². The van der Waals surface area contributed by atoms with Gasteiger partial charge in [-0.2, -0.15) is 0 Å². The molecule has 0 aliphatic rings. The fraction of sp³-hybridized carbons (Fsp3) is 0.833. The van der Waals surface area contributed by atoms with Crippen LogP contribution in [0.1, 0.15) is 25.7 Å². The van der Waals surface area contributed by atoms with Crippen molar-refractivity contribution in [3.05, 3.63) is 0 Å². The molecular formula is C12H22O5. The molecule has 0 radical (unpaired) electrons. The van der Waals surface area contributed by atoms with Crippen LogP contribution in [0, 0.1) is 0 Å². The van der Waals surface area contributed by atoms with Gasteiger partial charge in [-0.15, -0.1) is 0 Å². The summed E-state index contributed by atoms with van der Waals surface area (Å²) in [6.45, 7) is 1.44. The van der Waals surface area contributed by atoms with Gasteiger partial charge >= 0.3 is 0 Å². The fourth-order valence-electron chi connectivity index (χ4n) is 1.19. The van der Waals surface area contributed by atoms with Crippen molar-refractivity contribution in [1.82, 2.24) is 0 Å². The number of hydrogen-bond acceptors (Lipinski definition) is 5. The Morgan fingerprint density at radius 1 is 0.824 bits per heavy atom. The predicted octanol–water partition coefficient (Wildman–Crippen LogP) is 0.994. The summed E-state index contributed by atoms with van der Waals surface area (Å²) in [4.78, 5) is 22.4. The molecule has 0 aromatic carbocycles. The Hall–Kier alpha value is -0.780. The van der Waals surface area contributed by atoms with Crippen molar-refractivity contribution in [2.75, 3.05) is 40.6 Å². The zero-order chi connectivity index (χ0) is 12.9. The quantitative estimate of drug-likeness (QED) is 0.481.